The van der Waals surface area contributed by atoms with Crippen molar-refractivity contribution in [1.82, 2.24) is 4.98 Å². The summed E-state index contributed by atoms with van der Waals surface area (Å²) in [7, 11) is -3.97. The molecule has 0 unspecified atom stereocenters. The molecule has 0 aliphatic rings. The molecule has 100 valence electrons. The van der Waals surface area contributed by atoms with Gasteiger partial charge in [-0.15, -0.1) is 0 Å². The summed E-state index contributed by atoms with van der Waals surface area (Å²) in [6, 6.07) is 6.94. The monoisotopic (exact) mass is 344 g/mol. The molecule has 2 aromatic rings. The number of pyridine rings is 1. The van der Waals surface area contributed by atoms with E-state index in [2.05, 4.69) is 25.6 Å². The van der Waals surface area contributed by atoms with Gasteiger partial charge < -0.3 is 0 Å². The molecule has 1 heterocycles. The van der Waals surface area contributed by atoms with Crippen molar-refractivity contribution in [2.45, 2.75) is 11.8 Å². The number of aryl methyl sites for hydroxylation is 1. The number of nitrogens with one attached hydrogen (secondary N) is 1. The van der Waals surface area contributed by atoms with Gasteiger partial charge in [0.25, 0.3) is 10.0 Å². The molecule has 0 aliphatic carbocycles. The van der Waals surface area contributed by atoms with Crippen molar-refractivity contribution in [3.63, 3.8) is 0 Å². The summed E-state index contributed by atoms with van der Waals surface area (Å²) in [5, 5.41) is 0. The lowest BCUT2D eigenvalue weighted by Crippen LogP contribution is -2.15. The third-order valence-corrected chi connectivity index (χ3v) is 4.33. The van der Waals surface area contributed by atoms with Crippen LogP contribution < -0.4 is 4.72 Å². The highest BCUT2D eigenvalue weighted by molar-refractivity contribution is 9.10. The second-order valence-corrected chi connectivity index (χ2v) is 6.38. The lowest BCUT2D eigenvalue weighted by molar-refractivity contribution is 0.570. The van der Waals surface area contributed by atoms with Crippen molar-refractivity contribution >= 4 is 31.6 Å². The summed E-state index contributed by atoms with van der Waals surface area (Å²) in [5.74, 6) is -0.816. The molecule has 1 N–H and O–H groups in total. The van der Waals surface area contributed by atoms with Crippen LogP contribution in [0.25, 0.3) is 0 Å². The molecular weight excluding hydrogens is 335 g/mol. The third-order valence-electron chi connectivity index (χ3n) is 2.43. The van der Waals surface area contributed by atoms with Crippen LogP contribution >= 0.6 is 15.9 Å². The first-order valence-electron chi connectivity index (χ1n) is 5.29. The number of benzene rings is 1. The quantitative estimate of drug-likeness (QED) is 0.930. The van der Waals surface area contributed by atoms with Gasteiger partial charge in [-0.1, -0.05) is 15.9 Å². The van der Waals surface area contributed by atoms with Crippen LogP contribution in [0, 0.1) is 12.7 Å². The van der Waals surface area contributed by atoms with Crippen molar-refractivity contribution in [3.05, 3.63) is 52.5 Å². The molecule has 1 aromatic heterocycles. The molecule has 0 aliphatic heterocycles. The summed E-state index contributed by atoms with van der Waals surface area (Å²) >= 11 is 3.08. The lowest BCUT2D eigenvalue weighted by Gasteiger charge is -2.10. The van der Waals surface area contributed by atoms with Gasteiger partial charge in [0.2, 0.25) is 0 Å². The van der Waals surface area contributed by atoms with Crippen LogP contribution in [0.3, 0.4) is 0 Å². The number of anilines is 1. The van der Waals surface area contributed by atoms with Crippen LogP contribution in [0.5, 0.6) is 0 Å². The Balaban J connectivity index is 2.41. The summed E-state index contributed by atoms with van der Waals surface area (Å²) in [4.78, 5) is 3.56. The van der Waals surface area contributed by atoms with Crippen LogP contribution in [0.2, 0.25) is 0 Å². The normalized spacial score (nSPS) is 11.3. The number of sulfonamides is 1. The second kappa shape index (κ2) is 5.26. The Hall–Kier alpha value is -1.47. The molecule has 1 aromatic carbocycles. The SMILES string of the molecule is Cc1ncccc1NS(=O)(=O)c1ccc(Br)cc1F. The van der Waals surface area contributed by atoms with Gasteiger partial charge in [0.05, 0.1) is 11.4 Å². The minimum absolute atomic E-state index is 0.324. The third kappa shape index (κ3) is 3.10. The molecule has 0 radical (unpaired) electrons. The molecule has 0 bridgehead atoms. The smallest absolute Gasteiger partial charge is 0.264 e. The Kier molecular flexibility index (Phi) is 3.86. The number of nitrogens with zero attached hydrogens (tertiary/aromatic N) is 1. The highest BCUT2D eigenvalue weighted by Gasteiger charge is 2.20. The van der Waals surface area contributed by atoms with E-state index in [4.69, 9.17) is 0 Å². The fourth-order valence-corrected chi connectivity index (χ4v) is 3.00. The van der Waals surface area contributed by atoms with Crippen LogP contribution in [0.4, 0.5) is 10.1 Å². The average Bonchev–Trinajstić information content (AvgIpc) is 2.31. The molecule has 0 spiro atoms. The number of rotatable bonds is 3. The highest BCUT2D eigenvalue weighted by atomic mass is 79.9. The summed E-state index contributed by atoms with van der Waals surface area (Å²) in [6.07, 6.45) is 1.55. The van der Waals surface area contributed by atoms with E-state index < -0.39 is 20.7 Å². The predicted octanol–water partition coefficient (Wildman–Crippen LogP) is 3.09. The van der Waals surface area contributed by atoms with Gasteiger partial charge in [-0.3, -0.25) is 9.71 Å². The van der Waals surface area contributed by atoms with Crippen molar-refractivity contribution in [1.29, 1.82) is 0 Å². The first-order valence-corrected chi connectivity index (χ1v) is 7.57. The molecular formula is C12H10BrFN2O2S. The number of hydrogen-bond donors (Lipinski definition) is 1. The Morgan fingerprint density at radius 3 is 2.68 bits per heavy atom. The number of halogens is 2. The maximum Gasteiger partial charge on any atom is 0.264 e. The van der Waals surface area contributed by atoms with E-state index in [9.17, 15) is 12.8 Å². The Morgan fingerprint density at radius 2 is 2.05 bits per heavy atom. The predicted molar refractivity (Wildman–Crippen MR) is 73.9 cm³/mol. The van der Waals surface area contributed by atoms with Crippen LogP contribution in [0.15, 0.2) is 45.9 Å². The summed E-state index contributed by atoms with van der Waals surface area (Å²) in [6.45, 7) is 1.66. The maximum absolute atomic E-state index is 13.7. The van der Waals surface area contributed by atoms with Crippen molar-refractivity contribution in [2.24, 2.45) is 0 Å². The maximum atomic E-state index is 13.7. The fourth-order valence-electron chi connectivity index (χ4n) is 1.48. The topological polar surface area (TPSA) is 59.1 Å². The molecule has 0 saturated carbocycles. The van der Waals surface area contributed by atoms with E-state index in [0.717, 1.165) is 6.07 Å². The first kappa shape index (κ1) is 14.0. The Labute approximate surface area is 118 Å². The molecule has 19 heavy (non-hydrogen) atoms. The van der Waals surface area contributed by atoms with E-state index in [0.29, 0.717) is 15.9 Å². The Morgan fingerprint density at radius 1 is 1.32 bits per heavy atom. The highest BCUT2D eigenvalue weighted by Crippen LogP contribution is 2.22. The van der Waals surface area contributed by atoms with Gasteiger partial charge in [0.1, 0.15) is 10.7 Å². The zero-order chi connectivity index (χ0) is 14.0. The van der Waals surface area contributed by atoms with E-state index in [1.54, 1.807) is 25.3 Å². The number of aromatic nitrogens is 1. The summed E-state index contributed by atoms with van der Waals surface area (Å²) in [5.41, 5.74) is 0.841. The molecule has 0 atom stereocenters. The molecule has 2 rings (SSSR count). The van der Waals surface area contributed by atoms with Gasteiger partial charge in [-0.05, 0) is 37.3 Å². The van der Waals surface area contributed by atoms with E-state index in [1.165, 1.54) is 12.1 Å². The van der Waals surface area contributed by atoms with E-state index >= 15 is 0 Å². The number of hydrogen-bond acceptors (Lipinski definition) is 3. The first-order chi connectivity index (χ1) is 8.90. The Bertz CT molecular complexity index is 719. The van der Waals surface area contributed by atoms with Gasteiger partial charge in [0.15, 0.2) is 0 Å². The molecule has 7 heteroatoms. The van der Waals surface area contributed by atoms with Crippen molar-refractivity contribution < 1.29 is 12.8 Å². The zero-order valence-corrected chi connectivity index (χ0v) is 12.3. The van der Waals surface area contributed by atoms with Crippen LogP contribution in [0.1, 0.15) is 5.69 Å². The standard InChI is InChI=1S/C12H10BrFN2O2S/c1-8-11(3-2-6-15-8)16-19(17,18)12-5-4-9(13)7-10(12)14/h2-7,16H,1H3. The van der Waals surface area contributed by atoms with Crippen LogP contribution in [-0.4, -0.2) is 13.4 Å². The average molecular weight is 345 g/mol. The largest absolute Gasteiger partial charge is 0.278 e. The molecule has 0 saturated heterocycles. The minimum atomic E-state index is -3.97. The molecule has 4 nitrogen and oxygen atoms in total. The van der Waals surface area contributed by atoms with Crippen molar-refractivity contribution in [3.8, 4) is 0 Å². The zero-order valence-electron chi connectivity index (χ0n) is 9.89. The van der Waals surface area contributed by atoms with Crippen molar-refractivity contribution in [2.75, 3.05) is 4.72 Å². The van der Waals surface area contributed by atoms with Gasteiger partial charge in [-0.2, -0.15) is 0 Å². The van der Waals surface area contributed by atoms with Gasteiger partial charge in [0, 0.05) is 10.7 Å². The fraction of sp³-hybridized carbons (Fsp3) is 0.0833. The molecule has 0 fully saturated rings. The van der Waals surface area contributed by atoms with E-state index in [-0.39, 0.29) is 0 Å². The van der Waals surface area contributed by atoms with Crippen LogP contribution in [-0.2, 0) is 10.0 Å². The second-order valence-electron chi connectivity index (χ2n) is 3.82. The minimum Gasteiger partial charge on any atom is -0.278 e. The molecule has 0 amide bonds. The van der Waals surface area contributed by atoms with Gasteiger partial charge >= 0.3 is 0 Å². The summed E-state index contributed by atoms with van der Waals surface area (Å²) < 4.78 is 40.7. The van der Waals surface area contributed by atoms with E-state index in [1.807, 2.05) is 0 Å². The lowest BCUT2D eigenvalue weighted by atomic mass is 10.3. The van der Waals surface area contributed by atoms with Gasteiger partial charge in [-0.25, -0.2) is 12.8 Å².